The molecular weight excluding hydrogens is 436 g/mol. The number of sulfone groups is 1. The number of aliphatic hydroxyl groups excluding tert-OH is 1. The van der Waals surface area contributed by atoms with Crippen molar-refractivity contribution in [1.82, 2.24) is 25.6 Å². The summed E-state index contributed by atoms with van der Waals surface area (Å²) in [6, 6.07) is 5.47. The van der Waals surface area contributed by atoms with Gasteiger partial charge in [-0.15, -0.1) is 10.2 Å². The Morgan fingerprint density at radius 1 is 1.13 bits per heavy atom. The average Bonchev–Trinajstić information content (AvgIpc) is 3.21. The molecule has 30 heavy (non-hydrogen) atoms. The van der Waals surface area contributed by atoms with Gasteiger partial charge in [0.15, 0.2) is 9.84 Å². The molecule has 160 valence electrons. The van der Waals surface area contributed by atoms with Crippen LogP contribution in [0.4, 0.5) is 5.82 Å². The summed E-state index contributed by atoms with van der Waals surface area (Å²) in [7, 11) is -8.93. The molecule has 0 radical (unpaired) electrons. The first kappa shape index (κ1) is 21.7. The lowest BCUT2D eigenvalue weighted by molar-refractivity contribution is 0.205. The van der Waals surface area contributed by atoms with Crippen molar-refractivity contribution >= 4 is 25.7 Å². The fourth-order valence-corrected chi connectivity index (χ4v) is 5.84. The van der Waals surface area contributed by atoms with Gasteiger partial charge in [-0.3, -0.25) is 0 Å². The van der Waals surface area contributed by atoms with Gasteiger partial charge in [0.2, 0.25) is 15.8 Å². The first-order chi connectivity index (χ1) is 14.0. The highest BCUT2D eigenvalue weighted by Crippen LogP contribution is 2.38. The highest BCUT2D eigenvalue weighted by Gasteiger charge is 2.33. The van der Waals surface area contributed by atoms with Gasteiger partial charge in [-0.25, -0.2) is 27.0 Å². The highest BCUT2D eigenvalue weighted by molar-refractivity contribution is 7.93. The zero-order valence-corrected chi connectivity index (χ0v) is 16.9. The quantitative estimate of drug-likeness (QED) is 0.268. The molecule has 0 bridgehead atoms. The largest absolute Gasteiger partial charge is 0.391 e. The van der Waals surface area contributed by atoms with Gasteiger partial charge in [-0.05, 0) is 29.0 Å². The second-order valence-corrected chi connectivity index (χ2v) is 9.74. The van der Waals surface area contributed by atoms with Crippen LogP contribution in [0, 0.1) is 0 Å². The van der Waals surface area contributed by atoms with E-state index in [2.05, 4.69) is 25.6 Å². The van der Waals surface area contributed by atoms with E-state index < -0.39 is 41.5 Å². The summed E-state index contributed by atoms with van der Waals surface area (Å²) in [4.78, 5) is 2.60. The van der Waals surface area contributed by atoms with Crippen LogP contribution < -0.4 is 16.6 Å². The Kier molecular flexibility index (Phi) is 5.82. The number of hydrogen-bond donors (Lipinski definition) is 5. The van der Waals surface area contributed by atoms with E-state index in [0.29, 0.717) is 5.56 Å². The van der Waals surface area contributed by atoms with Crippen LogP contribution >= 0.6 is 0 Å². The van der Waals surface area contributed by atoms with E-state index in [9.17, 15) is 21.9 Å². The molecule has 0 spiro atoms. The fourth-order valence-electron chi connectivity index (χ4n) is 2.80. The molecule has 0 fully saturated rings. The van der Waals surface area contributed by atoms with Crippen LogP contribution in [-0.2, 0) is 19.9 Å². The first-order valence-electron chi connectivity index (χ1n) is 8.31. The SMILES string of the molecule is NCC(O)CS(=O)(=O)c1ccc(-c2ccc(N)nc2)c(-c2nn[nH]n2)c1S(N)(=O)=O. The Morgan fingerprint density at radius 2 is 1.87 bits per heavy atom. The topological polar surface area (TPSA) is 234 Å². The zero-order chi connectivity index (χ0) is 22.1. The predicted molar refractivity (Wildman–Crippen MR) is 106 cm³/mol. The number of hydrogen-bond acceptors (Lipinski definition) is 11. The second-order valence-electron chi connectivity index (χ2n) is 6.24. The molecule has 2 heterocycles. The van der Waals surface area contributed by atoms with Crippen molar-refractivity contribution in [3.63, 3.8) is 0 Å². The maximum atomic E-state index is 12.9. The van der Waals surface area contributed by atoms with Crippen molar-refractivity contribution in [2.24, 2.45) is 10.9 Å². The number of nitrogens with one attached hydrogen (secondary N) is 1. The molecule has 0 saturated carbocycles. The van der Waals surface area contributed by atoms with Gasteiger partial charge in [0.25, 0.3) is 0 Å². The minimum Gasteiger partial charge on any atom is -0.391 e. The maximum absolute atomic E-state index is 12.9. The molecular formula is C15H18N8O5S2. The lowest BCUT2D eigenvalue weighted by atomic mass is 10.0. The van der Waals surface area contributed by atoms with Gasteiger partial charge in [0.05, 0.1) is 22.3 Å². The molecule has 0 aliphatic carbocycles. The Bertz CT molecular complexity index is 1260. The number of pyridine rings is 1. The zero-order valence-electron chi connectivity index (χ0n) is 15.3. The summed E-state index contributed by atoms with van der Waals surface area (Å²) < 4.78 is 50.7. The molecule has 0 amide bonds. The molecule has 3 aromatic rings. The molecule has 1 unspecified atom stereocenters. The molecule has 2 aromatic heterocycles. The lowest BCUT2D eigenvalue weighted by Gasteiger charge is -2.17. The van der Waals surface area contributed by atoms with Crippen LogP contribution in [0.2, 0.25) is 0 Å². The van der Waals surface area contributed by atoms with Gasteiger partial charge >= 0.3 is 0 Å². The maximum Gasteiger partial charge on any atom is 0.240 e. The molecule has 3 rings (SSSR count). The standard InChI is InChI=1S/C15H18N8O5S2/c16-5-9(24)7-29(25,26)11-3-2-10(8-1-4-12(17)19-6-8)13(14(11)30(18,27)28)15-20-22-23-21-15/h1-4,6,9,24H,5,7,16H2,(H2,17,19)(H2,18,27,28)(H,20,21,22,23). The molecule has 13 nitrogen and oxygen atoms in total. The lowest BCUT2D eigenvalue weighted by Crippen LogP contribution is -2.30. The van der Waals surface area contributed by atoms with E-state index in [-0.39, 0.29) is 29.3 Å². The number of anilines is 1. The van der Waals surface area contributed by atoms with E-state index in [0.717, 1.165) is 6.07 Å². The van der Waals surface area contributed by atoms with E-state index in [1.807, 2.05) is 0 Å². The third-order valence-electron chi connectivity index (χ3n) is 4.09. The Morgan fingerprint density at radius 3 is 2.40 bits per heavy atom. The van der Waals surface area contributed by atoms with Crippen molar-refractivity contribution in [3.8, 4) is 22.5 Å². The predicted octanol–water partition coefficient (Wildman–Crippen LogP) is -1.75. The van der Waals surface area contributed by atoms with Crippen molar-refractivity contribution in [3.05, 3.63) is 30.5 Å². The number of sulfonamides is 1. The highest BCUT2D eigenvalue weighted by atomic mass is 32.2. The Balaban J connectivity index is 2.40. The van der Waals surface area contributed by atoms with E-state index in [1.54, 1.807) is 6.07 Å². The normalized spacial score (nSPS) is 13.3. The third-order valence-corrected chi connectivity index (χ3v) is 7.05. The van der Waals surface area contributed by atoms with Gasteiger partial charge in [-0.2, -0.15) is 5.21 Å². The number of aliphatic hydroxyl groups is 1. The number of tetrazole rings is 1. The molecule has 0 aliphatic rings. The first-order valence-corrected chi connectivity index (χ1v) is 11.5. The molecule has 1 atom stereocenters. The molecule has 1 aromatic carbocycles. The van der Waals surface area contributed by atoms with Crippen LogP contribution in [0.1, 0.15) is 0 Å². The van der Waals surface area contributed by atoms with Gasteiger partial charge < -0.3 is 16.6 Å². The smallest absolute Gasteiger partial charge is 0.240 e. The van der Waals surface area contributed by atoms with Gasteiger partial charge in [0.1, 0.15) is 10.7 Å². The fraction of sp³-hybridized carbons (Fsp3) is 0.200. The molecule has 8 N–H and O–H groups in total. The summed E-state index contributed by atoms with van der Waals surface area (Å²) in [5, 5.41) is 28.3. The minimum atomic E-state index is -4.61. The summed E-state index contributed by atoms with van der Waals surface area (Å²) >= 11 is 0. The van der Waals surface area contributed by atoms with Crippen LogP contribution in [0.15, 0.2) is 40.3 Å². The number of primary sulfonamides is 1. The number of H-pyrrole nitrogens is 1. The number of nitrogens with two attached hydrogens (primary N) is 3. The number of benzene rings is 1. The second kappa shape index (κ2) is 8.04. The summed E-state index contributed by atoms with van der Waals surface area (Å²) in [5.41, 5.74) is 11.3. The number of aromatic nitrogens is 5. The van der Waals surface area contributed by atoms with Crippen molar-refractivity contribution in [2.75, 3.05) is 18.0 Å². The van der Waals surface area contributed by atoms with Crippen LogP contribution in [0.5, 0.6) is 0 Å². The number of aromatic amines is 1. The number of rotatable bonds is 7. The number of nitrogen functional groups attached to an aromatic ring is 1. The molecule has 0 aliphatic heterocycles. The number of nitrogens with zero attached hydrogens (tertiary/aromatic N) is 4. The Labute approximate surface area is 171 Å². The van der Waals surface area contributed by atoms with Gasteiger partial charge in [-0.1, -0.05) is 6.07 Å². The van der Waals surface area contributed by atoms with Crippen LogP contribution in [0.3, 0.4) is 0 Å². The minimum absolute atomic E-state index is 0.193. The molecule has 0 saturated heterocycles. The summed E-state index contributed by atoms with van der Waals surface area (Å²) in [6.45, 7) is -0.336. The average molecular weight is 454 g/mol. The van der Waals surface area contributed by atoms with Crippen LogP contribution in [-0.4, -0.2) is 66.0 Å². The summed E-state index contributed by atoms with van der Waals surface area (Å²) in [6.07, 6.45) is -0.0361. The van der Waals surface area contributed by atoms with Crippen LogP contribution in [0.25, 0.3) is 22.5 Å². The van der Waals surface area contributed by atoms with Gasteiger partial charge in [0, 0.05) is 18.3 Å². The summed E-state index contributed by atoms with van der Waals surface area (Å²) in [5.74, 6) is -0.788. The van der Waals surface area contributed by atoms with Crippen molar-refractivity contribution in [1.29, 1.82) is 0 Å². The Hall–Kier alpha value is -2.98. The van der Waals surface area contributed by atoms with E-state index >= 15 is 0 Å². The van der Waals surface area contributed by atoms with Crippen molar-refractivity contribution < 1.29 is 21.9 Å². The van der Waals surface area contributed by atoms with E-state index in [1.165, 1.54) is 18.3 Å². The monoisotopic (exact) mass is 454 g/mol. The van der Waals surface area contributed by atoms with E-state index in [4.69, 9.17) is 16.6 Å². The molecule has 15 heteroatoms. The van der Waals surface area contributed by atoms with Crippen molar-refractivity contribution in [2.45, 2.75) is 15.9 Å². The third kappa shape index (κ3) is 4.29.